The minimum Gasteiger partial charge on any atom is -0.457 e. The Labute approximate surface area is 283 Å². The highest BCUT2D eigenvalue weighted by atomic mass is 16.5. The summed E-state index contributed by atoms with van der Waals surface area (Å²) in [6.07, 6.45) is 8.08. The van der Waals surface area contributed by atoms with Gasteiger partial charge in [0.1, 0.15) is 17.3 Å². The molecule has 0 saturated carbocycles. The highest BCUT2D eigenvalue weighted by Crippen LogP contribution is 2.37. The number of rotatable bonds is 9. The fourth-order valence-electron chi connectivity index (χ4n) is 7.12. The number of aromatic nitrogens is 4. The Morgan fingerprint density at radius 1 is 0.771 bits per heavy atom. The van der Waals surface area contributed by atoms with Crippen LogP contribution >= 0.6 is 0 Å². The molecule has 0 fully saturated rings. The molecule has 242 valence electrons. The molecule has 0 bridgehead atoms. The van der Waals surface area contributed by atoms with Crippen LogP contribution in [0, 0.1) is 26.7 Å². The normalized spacial score (nSPS) is 12.3. The zero-order valence-electron chi connectivity index (χ0n) is 29.1. The second kappa shape index (κ2) is 12.8. The van der Waals surface area contributed by atoms with Crippen molar-refractivity contribution in [1.82, 2.24) is 19.3 Å². The van der Waals surface area contributed by atoms with Crippen molar-refractivity contribution >= 4 is 21.8 Å². The van der Waals surface area contributed by atoms with Gasteiger partial charge in [0.15, 0.2) is 0 Å². The van der Waals surface area contributed by atoms with Gasteiger partial charge >= 0.3 is 0 Å². The van der Waals surface area contributed by atoms with Crippen LogP contribution in [0.3, 0.4) is 0 Å². The molecule has 0 saturated heterocycles. The second-order valence-electron chi connectivity index (χ2n) is 13.8. The van der Waals surface area contributed by atoms with Crippen LogP contribution in [0.5, 0.6) is 11.5 Å². The van der Waals surface area contributed by atoms with Gasteiger partial charge in [0.25, 0.3) is 0 Å². The lowest BCUT2D eigenvalue weighted by Gasteiger charge is -2.15. The molecule has 0 aliphatic carbocycles. The molecule has 3 aromatic heterocycles. The van der Waals surface area contributed by atoms with E-state index in [9.17, 15) is 0 Å². The van der Waals surface area contributed by atoms with Crippen molar-refractivity contribution < 1.29 is 4.74 Å². The molecule has 0 spiro atoms. The zero-order valence-corrected chi connectivity index (χ0v) is 29.1. The summed E-state index contributed by atoms with van der Waals surface area (Å²) in [5, 5.41) is 7.20. The molecule has 5 nitrogen and oxygen atoms in total. The quantitative estimate of drug-likeness (QED) is 0.159. The highest BCUT2D eigenvalue weighted by molar-refractivity contribution is 6.09. The third kappa shape index (κ3) is 6.01. The van der Waals surface area contributed by atoms with Gasteiger partial charge in [0.2, 0.25) is 0 Å². The summed E-state index contributed by atoms with van der Waals surface area (Å²) in [6.45, 7) is 15.5. The maximum atomic E-state index is 6.72. The Morgan fingerprint density at radius 3 is 2.31 bits per heavy atom. The van der Waals surface area contributed by atoms with Gasteiger partial charge in [-0.3, -0.25) is 4.57 Å². The summed E-state index contributed by atoms with van der Waals surface area (Å²) in [4.78, 5) is 4.84. The Kier molecular flexibility index (Phi) is 8.38. The first kappa shape index (κ1) is 31.4. The predicted molar refractivity (Wildman–Crippen MR) is 199 cm³/mol. The van der Waals surface area contributed by atoms with Crippen molar-refractivity contribution in [2.24, 2.45) is 5.92 Å². The number of pyridine rings is 1. The first-order valence-electron chi connectivity index (χ1n) is 17.1. The van der Waals surface area contributed by atoms with E-state index in [1.54, 1.807) is 0 Å². The van der Waals surface area contributed by atoms with Crippen molar-refractivity contribution in [1.29, 1.82) is 0 Å². The van der Waals surface area contributed by atoms with E-state index in [2.05, 4.69) is 144 Å². The maximum Gasteiger partial charge on any atom is 0.137 e. The highest BCUT2D eigenvalue weighted by Gasteiger charge is 2.17. The Morgan fingerprint density at radius 2 is 1.54 bits per heavy atom. The van der Waals surface area contributed by atoms with Crippen LogP contribution in [-0.2, 0) is 6.42 Å². The van der Waals surface area contributed by atoms with Gasteiger partial charge in [0.05, 0.1) is 22.9 Å². The SMILES string of the molecule is CCC(C)c1cc(Oc2ccc3c4ccccc4n(-c4cc(CC(C)C)ccn4)c3c2)cc(-n2cc(-c3c(C)cc(C)cc3C)cn2)c1. The van der Waals surface area contributed by atoms with E-state index in [1.807, 2.05) is 17.1 Å². The monoisotopic (exact) mass is 632 g/mol. The van der Waals surface area contributed by atoms with Crippen LogP contribution in [0.25, 0.3) is 44.4 Å². The number of ether oxygens (including phenoxy) is 1. The van der Waals surface area contributed by atoms with Crippen molar-refractivity contribution in [3.63, 3.8) is 0 Å². The summed E-state index contributed by atoms with van der Waals surface area (Å²) in [7, 11) is 0. The average Bonchev–Trinajstić information content (AvgIpc) is 3.66. The van der Waals surface area contributed by atoms with Crippen molar-refractivity contribution in [2.75, 3.05) is 0 Å². The Hall–Kier alpha value is -5.16. The van der Waals surface area contributed by atoms with Gasteiger partial charge in [-0.1, -0.05) is 63.6 Å². The van der Waals surface area contributed by atoms with E-state index in [1.165, 1.54) is 44.2 Å². The Balaban J connectivity index is 1.30. The molecule has 7 rings (SSSR count). The first-order valence-corrected chi connectivity index (χ1v) is 17.1. The van der Waals surface area contributed by atoms with Gasteiger partial charge in [-0.2, -0.15) is 5.10 Å². The molecule has 48 heavy (non-hydrogen) atoms. The zero-order chi connectivity index (χ0) is 33.5. The number of hydrogen-bond donors (Lipinski definition) is 0. The molecule has 0 amide bonds. The van der Waals surface area contributed by atoms with Crippen LogP contribution < -0.4 is 4.74 Å². The second-order valence-corrected chi connectivity index (χ2v) is 13.8. The predicted octanol–water partition coefficient (Wildman–Crippen LogP) is 11.5. The number of benzene rings is 4. The summed E-state index contributed by atoms with van der Waals surface area (Å²) in [6, 6.07) is 30.3. The van der Waals surface area contributed by atoms with Crippen molar-refractivity contribution in [3.05, 3.63) is 131 Å². The summed E-state index contributed by atoms with van der Waals surface area (Å²) < 4.78 is 11.0. The molecule has 4 aromatic carbocycles. The van der Waals surface area contributed by atoms with E-state index in [0.29, 0.717) is 11.8 Å². The van der Waals surface area contributed by atoms with Crippen LogP contribution in [0.2, 0.25) is 0 Å². The van der Waals surface area contributed by atoms with Crippen molar-refractivity contribution in [3.8, 4) is 34.1 Å². The summed E-state index contributed by atoms with van der Waals surface area (Å²) in [5.41, 5.74) is 11.9. The van der Waals surface area contributed by atoms with Gasteiger partial charge < -0.3 is 4.74 Å². The number of fused-ring (bicyclic) bond motifs is 3. The van der Waals surface area contributed by atoms with Gasteiger partial charge in [0, 0.05) is 40.9 Å². The van der Waals surface area contributed by atoms with Gasteiger partial charge in [-0.15, -0.1) is 0 Å². The van der Waals surface area contributed by atoms with E-state index >= 15 is 0 Å². The molecule has 0 aliphatic rings. The lowest BCUT2D eigenvalue weighted by molar-refractivity contribution is 0.481. The van der Waals surface area contributed by atoms with Crippen molar-refractivity contribution in [2.45, 2.75) is 67.2 Å². The lowest BCUT2D eigenvalue weighted by atomic mass is 9.96. The van der Waals surface area contributed by atoms with E-state index < -0.39 is 0 Å². The third-order valence-corrected chi connectivity index (χ3v) is 9.47. The van der Waals surface area contributed by atoms with E-state index in [4.69, 9.17) is 14.8 Å². The molecule has 0 aliphatic heterocycles. The largest absolute Gasteiger partial charge is 0.457 e. The molecular weight excluding hydrogens is 589 g/mol. The van der Waals surface area contributed by atoms with Gasteiger partial charge in [-0.05, 0) is 116 Å². The van der Waals surface area contributed by atoms with Crippen LogP contribution in [-0.4, -0.2) is 19.3 Å². The lowest BCUT2D eigenvalue weighted by Crippen LogP contribution is -2.01. The van der Waals surface area contributed by atoms with Gasteiger partial charge in [-0.25, -0.2) is 9.67 Å². The minimum atomic E-state index is 0.373. The average molecular weight is 633 g/mol. The molecule has 3 heterocycles. The molecular formula is C43H44N4O. The number of aryl methyl sites for hydroxylation is 3. The standard InChI is InChI=1S/C43H44N4O/c1-8-29(5)33-21-35(46-26-34(25-45-46)43-30(6)18-28(4)19-31(43)7)23-37(22-33)48-36-13-14-39-38-11-9-10-12-40(38)47(41(39)24-36)42-20-32(15-16-44-42)17-27(2)3/h9-16,18-27,29H,8,17H2,1-7H3. The first-order chi connectivity index (χ1) is 23.2. The van der Waals surface area contributed by atoms with E-state index in [-0.39, 0.29) is 0 Å². The van der Waals surface area contributed by atoms with Crippen LogP contribution in [0.4, 0.5) is 0 Å². The maximum absolute atomic E-state index is 6.72. The molecule has 0 N–H and O–H groups in total. The molecule has 1 unspecified atom stereocenters. The summed E-state index contributed by atoms with van der Waals surface area (Å²) in [5.74, 6) is 3.44. The summed E-state index contributed by atoms with van der Waals surface area (Å²) >= 11 is 0. The number of nitrogens with zero attached hydrogens (tertiary/aromatic N) is 4. The van der Waals surface area contributed by atoms with Crippen LogP contribution in [0.15, 0.2) is 104 Å². The minimum absolute atomic E-state index is 0.373. The number of hydrogen-bond acceptors (Lipinski definition) is 3. The third-order valence-electron chi connectivity index (χ3n) is 9.47. The van der Waals surface area contributed by atoms with Crippen LogP contribution in [0.1, 0.15) is 67.9 Å². The topological polar surface area (TPSA) is 44.9 Å². The molecule has 7 aromatic rings. The molecule has 5 heteroatoms. The Bertz CT molecular complexity index is 2250. The fourth-order valence-corrected chi connectivity index (χ4v) is 7.12. The van der Waals surface area contributed by atoms with E-state index in [0.717, 1.165) is 52.4 Å². The molecule has 0 radical (unpaired) electrons. The molecule has 1 atom stereocenters. The number of para-hydroxylation sites is 1. The fraction of sp³-hybridized carbons (Fsp3) is 0.256. The smallest absolute Gasteiger partial charge is 0.137 e.